The van der Waals surface area contributed by atoms with E-state index in [0.717, 1.165) is 4.88 Å². The molecular weight excluding hydrogens is 336 g/mol. The van der Waals surface area contributed by atoms with Crippen molar-refractivity contribution in [2.24, 2.45) is 0 Å². The Balaban J connectivity index is 1.68. The third-order valence-corrected chi connectivity index (χ3v) is 4.05. The molecule has 0 aliphatic heterocycles. The molecule has 0 bridgehead atoms. The number of alkyl halides is 2. The first-order valence-electron chi connectivity index (χ1n) is 7.02. The van der Waals surface area contributed by atoms with Crippen molar-refractivity contribution in [3.05, 3.63) is 64.5 Å². The summed E-state index contributed by atoms with van der Waals surface area (Å²) in [5, 5.41) is 8.92. The Kier molecular flexibility index (Phi) is 4.85. The number of aromatic nitrogens is 2. The fraction of sp³-hybridized carbons (Fsp3) is 0.125. The highest BCUT2D eigenvalue weighted by Crippen LogP contribution is 2.17. The molecule has 0 aliphatic carbocycles. The number of benzene rings is 1. The van der Waals surface area contributed by atoms with Gasteiger partial charge in [0, 0.05) is 16.5 Å². The molecule has 0 saturated carbocycles. The molecule has 0 atom stereocenters. The quantitative estimate of drug-likeness (QED) is 0.735. The van der Waals surface area contributed by atoms with Gasteiger partial charge in [-0.05, 0) is 35.7 Å². The van der Waals surface area contributed by atoms with E-state index in [2.05, 4.69) is 15.2 Å². The number of hydrogen-bond donors (Lipinski definition) is 1. The largest absolute Gasteiger partial charge is 0.435 e. The van der Waals surface area contributed by atoms with Crippen LogP contribution in [0.3, 0.4) is 0 Å². The summed E-state index contributed by atoms with van der Waals surface area (Å²) in [6, 6.07) is 11.1. The number of hydrogen-bond acceptors (Lipinski definition) is 4. The van der Waals surface area contributed by atoms with E-state index in [9.17, 15) is 13.6 Å². The Labute approximate surface area is 140 Å². The van der Waals surface area contributed by atoms with Crippen LogP contribution in [0.4, 0.5) is 14.6 Å². The van der Waals surface area contributed by atoms with Crippen molar-refractivity contribution >= 4 is 23.1 Å². The number of amides is 1. The molecule has 2 aromatic heterocycles. The van der Waals surface area contributed by atoms with E-state index in [1.165, 1.54) is 24.3 Å². The topological polar surface area (TPSA) is 56.2 Å². The van der Waals surface area contributed by atoms with Crippen molar-refractivity contribution in [1.29, 1.82) is 0 Å². The van der Waals surface area contributed by atoms with E-state index in [4.69, 9.17) is 0 Å². The average Bonchev–Trinajstić information content (AvgIpc) is 3.20. The van der Waals surface area contributed by atoms with Crippen LogP contribution in [-0.2, 0) is 6.54 Å². The van der Waals surface area contributed by atoms with Crippen molar-refractivity contribution in [3.8, 4) is 5.75 Å². The SMILES string of the molecule is O=C(Nc1ccnn1Cc1cccs1)c1ccc(OC(F)F)cc1. The highest BCUT2D eigenvalue weighted by molar-refractivity contribution is 7.09. The molecule has 1 amide bonds. The number of carbonyl (C=O) groups is 1. The average molecular weight is 349 g/mol. The van der Waals surface area contributed by atoms with E-state index in [-0.39, 0.29) is 11.7 Å². The van der Waals surface area contributed by atoms with E-state index in [1.54, 1.807) is 28.3 Å². The molecule has 3 rings (SSSR count). The second-order valence-corrected chi connectivity index (χ2v) is 5.84. The van der Waals surface area contributed by atoms with Gasteiger partial charge in [-0.3, -0.25) is 4.79 Å². The van der Waals surface area contributed by atoms with Crippen molar-refractivity contribution in [1.82, 2.24) is 9.78 Å². The van der Waals surface area contributed by atoms with E-state index in [1.807, 2.05) is 17.5 Å². The predicted molar refractivity (Wildman–Crippen MR) is 86.7 cm³/mol. The van der Waals surface area contributed by atoms with Gasteiger partial charge in [0.1, 0.15) is 11.6 Å². The number of anilines is 1. The summed E-state index contributed by atoms with van der Waals surface area (Å²) < 4.78 is 30.2. The van der Waals surface area contributed by atoms with Crippen LogP contribution in [0, 0.1) is 0 Å². The maximum absolute atomic E-state index is 12.3. The maximum Gasteiger partial charge on any atom is 0.387 e. The van der Waals surface area contributed by atoms with E-state index >= 15 is 0 Å². The Hall–Kier alpha value is -2.74. The second kappa shape index (κ2) is 7.22. The van der Waals surface area contributed by atoms with Crippen molar-refractivity contribution < 1.29 is 18.3 Å². The lowest BCUT2D eigenvalue weighted by Crippen LogP contribution is -2.16. The summed E-state index contributed by atoms with van der Waals surface area (Å²) >= 11 is 1.60. The van der Waals surface area contributed by atoms with Crippen LogP contribution in [-0.4, -0.2) is 22.3 Å². The summed E-state index contributed by atoms with van der Waals surface area (Å²) in [6.45, 7) is -2.34. The van der Waals surface area contributed by atoms with Gasteiger partial charge < -0.3 is 10.1 Å². The zero-order chi connectivity index (χ0) is 16.9. The van der Waals surface area contributed by atoms with Crippen LogP contribution in [0.2, 0.25) is 0 Å². The van der Waals surface area contributed by atoms with Gasteiger partial charge in [-0.25, -0.2) is 4.68 Å². The Bertz CT molecular complexity index is 801. The fourth-order valence-corrected chi connectivity index (χ4v) is 2.78. The van der Waals surface area contributed by atoms with Gasteiger partial charge in [0.05, 0.1) is 12.7 Å². The molecule has 1 N–H and O–H groups in total. The summed E-state index contributed by atoms with van der Waals surface area (Å²) in [5.41, 5.74) is 0.334. The molecule has 24 heavy (non-hydrogen) atoms. The first-order chi connectivity index (χ1) is 11.6. The Morgan fingerprint density at radius 1 is 1.25 bits per heavy atom. The number of carbonyl (C=O) groups excluding carboxylic acids is 1. The van der Waals surface area contributed by atoms with Gasteiger partial charge in [0.25, 0.3) is 5.91 Å². The summed E-state index contributed by atoms with van der Waals surface area (Å²) in [7, 11) is 0. The van der Waals surface area contributed by atoms with Crippen LogP contribution in [0.15, 0.2) is 54.0 Å². The van der Waals surface area contributed by atoms with Crippen LogP contribution in [0.5, 0.6) is 5.75 Å². The lowest BCUT2D eigenvalue weighted by molar-refractivity contribution is -0.0498. The third kappa shape index (κ3) is 3.96. The molecule has 0 aliphatic rings. The van der Waals surface area contributed by atoms with Crippen LogP contribution in [0.25, 0.3) is 0 Å². The fourth-order valence-electron chi connectivity index (χ4n) is 2.09. The van der Waals surface area contributed by atoms with Gasteiger partial charge in [-0.15, -0.1) is 11.3 Å². The number of thiophene rings is 1. The maximum atomic E-state index is 12.3. The van der Waals surface area contributed by atoms with E-state index < -0.39 is 6.61 Å². The van der Waals surface area contributed by atoms with Crippen molar-refractivity contribution in [3.63, 3.8) is 0 Å². The molecule has 2 heterocycles. The molecule has 0 radical (unpaired) electrons. The summed E-state index contributed by atoms with van der Waals surface area (Å²) in [6.07, 6.45) is 1.60. The zero-order valence-corrected chi connectivity index (χ0v) is 13.2. The minimum Gasteiger partial charge on any atom is -0.435 e. The first-order valence-corrected chi connectivity index (χ1v) is 7.90. The summed E-state index contributed by atoms with van der Waals surface area (Å²) in [4.78, 5) is 13.4. The minimum atomic E-state index is -2.89. The normalized spacial score (nSPS) is 10.8. The molecule has 1 aromatic carbocycles. The zero-order valence-electron chi connectivity index (χ0n) is 12.4. The number of nitrogens with one attached hydrogen (secondary N) is 1. The lowest BCUT2D eigenvalue weighted by Gasteiger charge is -2.09. The molecule has 5 nitrogen and oxygen atoms in total. The van der Waals surface area contributed by atoms with Gasteiger partial charge >= 0.3 is 6.61 Å². The molecule has 0 unspecified atom stereocenters. The molecule has 0 spiro atoms. The number of rotatable bonds is 6. The molecular formula is C16H13F2N3O2S. The molecule has 0 fully saturated rings. The minimum absolute atomic E-state index is 0.00397. The Morgan fingerprint density at radius 3 is 2.71 bits per heavy atom. The number of ether oxygens (including phenoxy) is 1. The van der Waals surface area contributed by atoms with Gasteiger partial charge in [-0.2, -0.15) is 13.9 Å². The van der Waals surface area contributed by atoms with E-state index in [0.29, 0.717) is 17.9 Å². The van der Waals surface area contributed by atoms with Crippen LogP contribution < -0.4 is 10.1 Å². The smallest absolute Gasteiger partial charge is 0.387 e. The van der Waals surface area contributed by atoms with Crippen LogP contribution >= 0.6 is 11.3 Å². The molecule has 3 aromatic rings. The van der Waals surface area contributed by atoms with Gasteiger partial charge in [0.15, 0.2) is 0 Å². The lowest BCUT2D eigenvalue weighted by atomic mass is 10.2. The molecule has 8 heteroatoms. The monoisotopic (exact) mass is 349 g/mol. The van der Waals surface area contributed by atoms with Crippen molar-refractivity contribution in [2.45, 2.75) is 13.2 Å². The first kappa shape index (κ1) is 16.1. The third-order valence-electron chi connectivity index (χ3n) is 3.19. The highest BCUT2D eigenvalue weighted by atomic mass is 32.1. The predicted octanol–water partition coefficient (Wildman–Crippen LogP) is 3.85. The second-order valence-electron chi connectivity index (χ2n) is 4.81. The molecule has 124 valence electrons. The molecule has 0 saturated heterocycles. The highest BCUT2D eigenvalue weighted by Gasteiger charge is 2.11. The van der Waals surface area contributed by atoms with Gasteiger partial charge in [0.2, 0.25) is 0 Å². The number of halogens is 2. The number of nitrogens with zero attached hydrogens (tertiary/aromatic N) is 2. The van der Waals surface area contributed by atoms with Crippen molar-refractivity contribution in [2.75, 3.05) is 5.32 Å². The standard InChI is InChI=1S/C16H13F2N3O2S/c17-16(18)23-12-5-3-11(4-6-12)15(22)20-14-7-8-19-21(14)10-13-2-1-9-24-13/h1-9,16H,10H2,(H,20,22). The van der Waals surface area contributed by atoms with Crippen LogP contribution in [0.1, 0.15) is 15.2 Å². The summed E-state index contributed by atoms with van der Waals surface area (Å²) in [5.74, 6) is 0.206. The van der Waals surface area contributed by atoms with Gasteiger partial charge in [-0.1, -0.05) is 6.07 Å². The Morgan fingerprint density at radius 2 is 2.04 bits per heavy atom.